The minimum Gasteiger partial charge on any atom is -0.454 e. The number of ketones is 1. The average Bonchev–Trinajstić information content (AvgIpc) is 3.45. The third-order valence-electron chi connectivity index (χ3n) is 6.15. The minimum absolute atomic E-state index is 0.117. The van der Waals surface area contributed by atoms with Crippen molar-refractivity contribution in [3.63, 3.8) is 0 Å². The lowest BCUT2D eigenvalue weighted by Gasteiger charge is -2.34. The molecule has 5 rings (SSSR count). The molecule has 1 aromatic carbocycles. The van der Waals surface area contributed by atoms with E-state index in [9.17, 15) is 14.4 Å². The van der Waals surface area contributed by atoms with E-state index in [1.54, 1.807) is 11.0 Å². The van der Waals surface area contributed by atoms with E-state index in [1.165, 1.54) is 0 Å². The van der Waals surface area contributed by atoms with Gasteiger partial charge in [0.15, 0.2) is 16.9 Å². The van der Waals surface area contributed by atoms with Crippen molar-refractivity contribution in [3.8, 4) is 11.5 Å². The number of hydrogen-bond donors (Lipinski definition) is 1. The number of H-pyrrole nitrogens is 1. The number of carbonyl (C=O) groups excluding carboxylic acids is 2. The molecule has 2 aliphatic heterocycles. The molecule has 0 spiro atoms. The highest BCUT2D eigenvalue weighted by Crippen LogP contribution is 2.32. The van der Waals surface area contributed by atoms with E-state index in [-0.39, 0.29) is 31.2 Å². The number of aromatic nitrogens is 1. The van der Waals surface area contributed by atoms with E-state index < -0.39 is 5.76 Å². The molecular formula is C23H25N3O7. The summed E-state index contributed by atoms with van der Waals surface area (Å²) in [6.45, 7) is 3.48. The van der Waals surface area contributed by atoms with E-state index in [2.05, 4.69) is 9.88 Å². The zero-order valence-corrected chi connectivity index (χ0v) is 18.1. The molecule has 1 atom stereocenters. The number of nitrogens with one attached hydrogen (secondary N) is 1. The maximum atomic E-state index is 12.6. The molecule has 2 aromatic rings. The summed E-state index contributed by atoms with van der Waals surface area (Å²) in [5.74, 6) is 0.691. The van der Waals surface area contributed by atoms with Gasteiger partial charge in [-0.25, -0.2) is 9.59 Å². The Hall–Kier alpha value is -3.53. The first kappa shape index (κ1) is 21.3. The summed E-state index contributed by atoms with van der Waals surface area (Å²) in [5, 5.41) is 0.644. The number of fused-ring (bicyclic) bond motifs is 2. The molecule has 3 aliphatic rings. The monoisotopic (exact) mass is 455 g/mol. The molecule has 1 amide bonds. The van der Waals surface area contributed by atoms with Gasteiger partial charge in [0.05, 0.1) is 5.35 Å². The van der Waals surface area contributed by atoms with Gasteiger partial charge < -0.3 is 23.5 Å². The van der Waals surface area contributed by atoms with Crippen LogP contribution in [0.1, 0.15) is 18.4 Å². The van der Waals surface area contributed by atoms with E-state index in [4.69, 9.17) is 18.6 Å². The second-order valence-corrected chi connectivity index (χ2v) is 8.29. The molecule has 10 heteroatoms. The van der Waals surface area contributed by atoms with E-state index in [0.717, 1.165) is 5.56 Å². The first-order valence-corrected chi connectivity index (χ1v) is 11.0. The van der Waals surface area contributed by atoms with Crippen LogP contribution in [0.25, 0.3) is 12.2 Å². The van der Waals surface area contributed by atoms with Crippen molar-refractivity contribution in [3.05, 3.63) is 45.1 Å². The SMILES string of the molecule is O=C(CCN1CCN(C(=O)OCc2ccc3c(c2)OCO3)CC1)C1C=c2oc(=O)[nH]c2=CC1. The predicted molar refractivity (Wildman–Crippen MR) is 116 cm³/mol. The summed E-state index contributed by atoms with van der Waals surface area (Å²) in [4.78, 5) is 42.8. The standard InChI is InChI=1S/C23H25N3O7/c27-18(16-2-3-17-20(12-16)33-22(28)24-17)5-6-25-7-9-26(10-8-25)23(29)30-13-15-1-4-19-21(11-15)32-14-31-19/h1,3-4,11-12,16H,2,5-10,13-14H2,(H,24,28). The molecule has 3 heterocycles. The van der Waals surface area contributed by atoms with Crippen LogP contribution in [0.15, 0.2) is 27.4 Å². The second kappa shape index (κ2) is 9.14. The fourth-order valence-corrected chi connectivity index (χ4v) is 4.22. The van der Waals surface area contributed by atoms with Crippen molar-refractivity contribution in [2.75, 3.05) is 39.5 Å². The summed E-state index contributed by atoms with van der Waals surface area (Å²) in [7, 11) is 0. The van der Waals surface area contributed by atoms with Gasteiger partial charge in [-0.05, 0) is 30.2 Å². The molecule has 0 bridgehead atoms. The number of carbonyl (C=O) groups is 2. The van der Waals surface area contributed by atoms with Crippen molar-refractivity contribution in [1.29, 1.82) is 0 Å². The summed E-state index contributed by atoms with van der Waals surface area (Å²) in [5.41, 5.74) is 1.28. The Kier molecular flexibility index (Phi) is 5.91. The second-order valence-electron chi connectivity index (χ2n) is 8.29. The van der Waals surface area contributed by atoms with Crippen molar-refractivity contribution in [2.24, 2.45) is 5.92 Å². The van der Waals surface area contributed by atoms with Crippen LogP contribution in [0.2, 0.25) is 0 Å². The first-order chi connectivity index (χ1) is 16.0. The number of aromatic amines is 1. The third-order valence-corrected chi connectivity index (χ3v) is 6.15. The summed E-state index contributed by atoms with van der Waals surface area (Å²) in [6.07, 6.45) is 4.18. The van der Waals surface area contributed by atoms with Crippen LogP contribution in [0.3, 0.4) is 0 Å². The van der Waals surface area contributed by atoms with Crippen LogP contribution in [-0.4, -0.2) is 66.2 Å². The van der Waals surface area contributed by atoms with Crippen molar-refractivity contribution in [1.82, 2.24) is 14.8 Å². The molecule has 1 unspecified atom stereocenters. The molecule has 1 aromatic heterocycles. The quantitative estimate of drug-likeness (QED) is 0.657. The fraction of sp³-hybridized carbons (Fsp3) is 0.435. The Bertz CT molecular complexity index is 1220. The van der Waals surface area contributed by atoms with Gasteiger partial charge in [0.25, 0.3) is 0 Å². The number of amides is 1. The van der Waals surface area contributed by atoms with Crippen molar-refractivity contribution in [2.45, 2.75) is 19.4 Å². The van der Waals surface area contributed by atoms with Gasteiger partial charge >= 0.3 is 11.8 Å². The highest BCUT2D eigenvalue weighted by atomic mass is 16.7. The largest absolute Gasteiger partial charge is 0.454 e. The number of piperazine rings is 1. The molecule has 1 fully saturated rings. The van der Waals surface area contributed by atoms with Gasteiger partial charge in [-0.3, -0.25) is 14.7 Å². The van der Waals surface area contributed by atoms with Crippen molar-refractivity contribution < 1.29 is 28.2 Å². The number of nitrogens with zero attached hydrogens (tertiary/aromatic N) is 2. The van der Waals surface area contributed by atoms with E-state index in [0.29, 0.717) is 67.8 Å². The highest BCUT2D eigenvalue weighted by Gasteiger charge is 2.24. The Labute approximate surface area is 189 Å². The lowest BCUT2D eigenvalue weighted by molar-refractivity contribution is -0.121. The van der Waals surface area contributed by atoms with Crippen LogP contribution in [-0.2, 0) is 16.1 Å². The maximum absolute atomic E-state index is 12.6. The molecule has 1 aliphatic carbocycles. The number of ether oxygens (including phenoxy) is 3. The normalized spacial score (nSPS) is 19.4. The molecule has 1 saturated heterocycles. The Morgan fingerprint density at radius 2 is 1.94 bits per heavy atom. The third kappa shape index (κ3) is 4.80. The molecule has 174 valence electrons. The molecular weight excluding hydrogens is 430 g/mol. The number of hydrogen-bond acceptors (Lipinski definition) is 8. The zero-order valence-electron chi connectivity index (χ0n) is 18.1. The van der Waals surface area contributed by atoms with Crippen LogP contribution >= 0.6 is 0 Å². The van der Waals surface area contributed by atoms with Gasteiger partial charge in [0.1, 0.15) is 12.4 Å². The van der Waals surface area contributed by atoms with E-state index >= 15 is 0 Å². The highest BCUT2D eigenvalue weighted by molar-refractivity contribution is 5.87. The first-order valence-electron chi connectivity index (χ1n) is 11.0. The summed E-state index contributed by atoms with van der Waals surface area (Å²) >= 11 is 0. The lowest BCUT2D eigenvalue weighted by Crippen LogP contribution is -2.49. The van der Waals surface area contributed by atoms with Gasteiger partial charge in [-0.1, -0.05) is 12.1 Å². The van der Waals surface area contributed by atoms with E-state index in [1.807, 2.05) is 24.3 Å². The number of oxazole rings is 1. The molecule has 10 nitrogen and oxygen atoms in total. The summed E-state index contributed by atoms with van der Waals surface area (Å²) < 4.78 is 21.1. The molecule has 0 radical (unpaired) electrons. The molecule has 33 heavy (non-hydrogen) atoms. The molecule has 0 saturated carbocycles. The number of Topliss-reactive ketones (excluding diaryl/α,β-unsaturated/α-hetero) is 1. The van der Waals surface area contributed by atoms with Gasteiger partial charge in [0, 0.05) is 45.1 Å². The van der Waals surface area contributed by atoms with Crippen LogP contribution in [0.5, 0.6) is 11.5 Å². The van der Waals surface area contributed by atoms with Crippen LogP contribution in [0.4, 0.5) is 4.79 Å². The predicted octanol–water partition coefficient (Wildman–Crippen LogP) is 0.191. The Morgan fingerprint density at radius 1 is 1.12 bits per heavy atom. The average molecular weight is 455 g/mol. The number of rotatable bonds is 6. The fourth-order valence-electron chi connectivity index (χ4n) is 4.22. The zero-order chi connectivity index (χ0) is 22.8. The lowest BCUT2D eigenvalue weighted by atomic mass is 9.94. The minimum atomic E-state index is -0.507. The smallest absolute Gasteiger partial charge is 0.417 e. The van der Waals surface area contributed by atoms with Gasteiger partial charge in [-0.2, -0.15) is 0 Å². The van der Waals surface area contributed by atoms with Gasteiger partial charge in [0.2, 0.25) is 6.79 Å². The summed E-state index contributed by atoms with van der Waals surface area (Å²) in [6, 6.07) is 5.47. The maximum Gasteiger partial charge on any atom is 0.417 e. The Balaban J connectivity index is 1.04. The Morgan fingerprint density at radius 3 is 2.79 bits per heavy atom. The number of benzene rings is 1. The van der Waals surface area contributed by atoms with Gasteiger partial charge in [-0.15, -0.1) is 0 Å². The van der Waals surface area contributed by atoms with Crippen molar-refractivity contribution >= 4 is 24.0 Å². The topological polar surface area (TPSA) is 114 Å². The van der Waals surface area contributed by atoms with Crippen LogP contribution in [0, 0.1) is 5.92 Å². The molecule has 1 N–H and O–H groups in total. The van der Waals surface area contributed by atoms with Crippen LogP contribution < -0.4 is 26.0 Å².